The predicted octanol–water partition coefficient (Wildman–Crippen LogP) is 1.27. The molecule has 0 aliphatic carbocycles. The van der Waals surface area contributed by atoms with Crippen molar-refractivity contribution in [2.45, 2.75) is 6.54 Å². The van der Waals surface area contributed by atoms with Crippen LogP contribution in [0.1, 0.15) is 21.5 Å². The van der Waals surface area contributed by atoms with E-state index >= 15 is 0 Å². The quantitative estimate of drug-likeness (QED) is 0.887. The lowest BCUT2D eigenvalue weighted by atomic mass is 10.1. The maximum atomic E-state index is 12.3. The molecule has 7 nitrogen and oxygen atoms in total. The zero-order valence-corrected chi connectivity index (χ0v) is 13.0. The third-order valence-electron chi connectivity index (χ3n) is 3.81. The van der Waals surface area contributed by atoms with Gasteiger partial charge in [-0.25, -0.2) is 4.98 Å². The van der Waals surface area contributed by atoms with Gasteiger partial charge in [-0.05, 0) is 23.8 Å². The van der Waals surface area contributed by atoms with Crippen molar-refractivity contribution in [2.24, 2.45) is 0 Å². The van der Waals surface area contributed by atoms with E-state index in [0.717, 1.165) is 5.56 Å². The summed E-state index contributed by atoms with van der Waals surface area (Å²) in [6.07, 6.45) is 1.48. The summed E-state index contributed by atoms with van der Waals surface area (Å²) in [5.74, 6) is 0.223. The highest BCUT2D eigenvalue weighted by Gasteiger charge is 2.22. The van der Waals surface area contributed by atoms with Crippen LogP contribution in [0.4, 0.5) is 11.5 Å². The number of hydrogen-bond donors (Lipinski definition) is 2. The fourth-order valence-electron chi connectivity index (χ4n) is 2.36. The number of aromatic nitrogens is 1. The highest BCUT2D eigenvalue weighted by molar-refractivity contribution is 6.03. The summed E-state index contributed by atoms with van der Waals surface area (Å²) < 4.78 is 0. The number of hydrogen-bond acceptors (Lipinski definition) is 5. The van der Waals surface area contributed by atoms with Crippen LogP contribution >= 0.6 is 0 Å². The molecule has 1 aromatic carbocycles. The van der Waals surface area contributed by atoms with Crippen LogP contribution in [0.2, 0.25) is 0 Å². The normalized spacial score (nSPS) is 12.8. The largest absolute Gasteiger partial charge is 0.359 e. The minimum Gasteiger partial charge on any atom is -0.359 e. The maximum absolute atomic E-state index is 12.3. The number of benzene rings is 1. The molecule has 0 saturated carbocycles. The lowest BCUT2D eigenvalue weighted by Gasteiger charge is -2.26. The Bertz CT molecular complexity index is 839. The number of likely N-dealkylation sites (N-methyl/N-ethyl adjacent to an activating group) is 1. The fraction of sp³-hybridized carbons (Fsp3) is 0.176. The molecule has 2 heterocycles. The third-order valence-corrected chi connectivity index (χ3v) is 3.81. The number of carbonyl (C=O) groups excluding carboxylic acids is 2. The van der Waals surface area contributed by atoms with Gasteiger partial charge in [-0.15, -0.1) is 0 Å². The highest BCUT2D eigenvalue weighted by atomic mass is 16.2. The second-order valence-electron chi connectivity index (χ2n) is 5.39. The molecule has 1 aromatic heterocycles. The van der Waals surface area contributed by atoms with Gasteiger partial charge >= 0.3 is 0 Å². The average molecular weight is 321 g/mol. The summed E-state index contributed by atoms with van der Waals surface area (Å²) >= 11 is 0. The molecule has 2 amide bonds. The molecule has 7 heteroatoms. The number of nitrogens with zero attached hydrogens (tertiary/aromatic N) is 3. The summed E-state index contributed by atoms with van der Waals surface area (Å²) in [6, 6.07) is 10.7. The van der Waals surface area contributed by atoms with E-state index in [1.807, 2.05) is 6.07 Å². The molecule has 2 aromatic rings. The van der Waals surface area contributed by atoms with Crippen molar-refractivity contribution in [1.82, 2.24) is 10.3 Å². The first-order chi connectivity index (χ1) is 11.6. The van der Waals surface area contributed by atoms with Crippen molar-refractivity contribution < 1.29 is 9.59 Å². The minimum atomic E-state index is -0.277. The van der Waals surface area contributed by atoms with Crippen LogP contribution in [0.25, 0.3) is 0 Å². The van der Waals surface area contributed by atoms with Crippen LogP contribution in [-0.4, -0.2) is 30.4 Å². The van der Waals surface area contributed by atoms with E-state index in [0.29, 0.717) is 29.2 Å². The van der Waals surface area contributed by atoms with E-state index in [-0.39, 0.29) is 18.4 Å². The van der Waals surface area contributed by atoms with Gasteiger partial charge < -0.3 is 15.5 Å². The molecule has 1 aliphatic rings. The first kappa shape index (κ1) is 15.5. The fourth-order valence-corrected chi connectivity index (χ4v) is 2.36. The Morgan fingerprint density at radius 2 is 2.17 bits per heavy atom. The topological polar surface area (TPSA) is 98.1 Å². The maximum Gasteiger partial charge on any atom is 0.253 e. The average Bonchev–Trinajstić information content (AvgIpc) is 2.63. The molecule has 120 valence electrons. The summed E-state index contributed by atoms with van der Waals surface area (Å²) in [5, 5.41) is 14.5. The Morgan fingerprint density at radius 3 is 2.88 bits per heavy atom. The number of nitrogens with one attached hydrogen (secondary N) is 2. The van der Waals surface area contributed by atoms with E-state index in [1.165, 1.54) is 11.1 Å². The molecule has 0 atom stereocenters. The summed E-state index contributed by atoms with van der Waals surface area (Å²) in [7, 11) is 1.65. The molecule has 0 bridgehead atoms. The number of nitriles is 1. The molecule has 0 fully saturated rings. The van der Waals surface area contributed by atoms with Crippen LogP contribution in [0.5, 0.6) is 0 Å². The number of anilines is 2. The summed E-state index contributed by atoms with van der Waals surface area (Å²) in [5.41, 5.74) is 2.43. The summed E-state index contributed by atoms with van der Waals surface area (Å²) in [6.45, 7) is 0.537. The van der Waals surface area contributed by atoms with Crippen molar-refractivity contribution in [3.8, 4) is 6.07 Å². The van der Waals surface area contributed by atoms with Crippen LogP contribution in [0.3, 0.4) is 0 Å². The van der Waals surface area contributed by atoms with Gasteiger partial charge in [0.25, 0.3) is 5.91 Å². The standard InChI is InChI=1S/C17H15N5O2/c1-22-14-6-13(9-19-16(14)20-10-15(22)23)17(24)21-8-12-4-2-11(7-18)3-5-12/h2-6,9H,8,10H2,1H3,(H,19,20)(H,21,24). The molecule has 1 aliphatic heterocycles. The Hall–Kier alpha value is -3.40. The first-order valence-electron chi connectivity index (χ1n) is 7.36. The van der Waals surface area contributed by atoms with Gasteiger partial charge in [0.2, 0.25) is 5.91 Å². The predicted molar refractivity (Wildman–Crippen MR) is 88.5 cm³/mol. The Balaban J connectivity index is 1.71. The van der Waals surface area contributed by atoms with Gasteiger partial charge in [0, 0.05) is 19.8 Å². The van der Waals surface area contributed by atoms with Crippen LogP contribution in [-0.2, 0) is 11.3 Å². The second kappa shape index (κ2) is 6.38. The van der Waals surface area contributed by atoms with Gasteiger partial charge in [0.05, 0.1) is 29.4 Å². The van der Waals surface area contributed by atoms with E-state index < -0.39 is 0 Å². The molecule has 0 saturated heterocycles. The van der Waals surface area contributed by atoms with Crippen molar-refractivity contribution in [2.75, 3.05) is 23.8 Å². The van der Waals surface area contributed by atoms with Gasteiger partial charge in [-0.3, -0.25) is 9.59 Å². The zero-order valence-electron chi connectivity index (χ0n) is 13.0. The highest BCUT2D eigenvalue weighted by Crippen LogP contribution is 2.26. The van der Waals surface area contributed by atoms with Crippen LogP contribution < -0.4 is 15.5 Å². The molecule has 24 heavy (non-hydrogen) atoms. The lowest BCUT2D eigenvalue weighted by molar-refractivity contribution is -0.116. The van der Waals surface area contributed by atoms with Gasteiger partial charge in [-0.1, -0.05) is 12.1 Å². The van der Waals surface area contributed by atoms with E-state index in [9.17, 15) is 9.59 Å². The van der Waals surface area contributed by atoms with Gasteiger partial charge in [0.15, 0.2) is 0 Å². The molecular formula is C17H15N5O2. The van der Waals surface area contributed by atoms with E-state index in [1.54, 1.807) is 37.4 Å². The third kappa shape index (κ3) is 3.03. The second-order valence-corrected chi connectivity index (χ2v) is 5.39. The van der Waals surface area contributed by atoms with E-state index in [2.05, 4.69) is 15.6 Å². The number of pyridine rings is 1. The molecular weight excluding hydrogens is 306 g/mol. The Morgan fingerprint density at radius 1 is 1.42 bits per heavy atom. The molecule has 0 spiro atoms. The van der Waals surface area contributed by atoms with E-state index in [4.69, 9.17) is 5.26 Å². The SMILES string of the molecule is CN1C(=O)CNc2ncc(C(=O)NCc3ccc(C#N)cc3)cc21. The van der Waals surface area contributed by atoms with Gasteiger partial charge in [0.1, 0.15) is 5.82 Å². The van der Waals surface area contributed by atoms with Crippen molar-refractivity contribution in [3.05, 3.63) is 53.2 Å². The van der Waals surface area contributed by atoms with Crippen LogP contribution in [0, 0.1) is 11.3 Å². The first-order valence-corrected chi connectivity index (χ1v) is 7.36. The smallest absolute Gasteiger partial charge is 0.253 e. The molecule has 0 radical (unpaired) electrons. The van der Waals surface area contributed by atoms with Crippen molar-refractivity contribution in [3.63, 3.8) is 0 Å². The summed E-state index contributed by atoms with van der Waals surface area (Å²) in [4.78, 5) is 29.7. The van der Waals surface area contributed by atoms with Crippen molar-refractivity contribution in [1.29, 1.82) is 5.26 Å². The monoisotopic (exact) mass is 321 g/mol. The number of fused-ring (bicyclic) bond motifs is 1. The number of amides is 2. The van der Waals surface area contributed by atoms with Crippen LogP contribution in [0.15, 0.2) is 36.5 Å². The Labute approximate surface area is 138 Å². The van der Waals surface area contributed by atoms with Crippen molar-refractivity contribution >= 4 is 23.3 Å². The number of rotatable bonds is 3. The molecule has 2 N–H and O–H groups in total. The molecule has 3 rings (SSSR count). The van der Waals surface area contributed by atoms with Gasteiger partial charge in [-0.2, -0.15) is 5.26 Å². The molecule has 0 unspecified atom stereocenters. The minimum absolute atomic E-state index is 0.0839. The Kier molecular flexibility index (Phi) is 4.12. The zero-order chi connectivity index (χ0) is 17.1. The number of carbonyl (C=O) groups is 2. The lowest BCUT2D eigenvalue weighted by Crippen LogP contribution is -2.37.